The summed E-state index contributed by atoms with van der Waals surface area (Å²) in [6.45, 7) is 0. The number of thioether (sulfide) groups is 1. The summed E-state index contributed by atoms with van der Waals surface area (Å²) in [4.78, 5) is 13.3. The molecular weight excluding hydrogens is 424 g/mol. The van der Waals surface area contributed by atoms with Gasteiger partial charge in [0.1, 0.15) is 4.87 Å². The Morgan fingerprint density at radius 2 is 2.00 bits per heavy atom. The highest BCUT2D eigenvalue weighted by atomic mass is 79.9. The van der Waals surface area contributed by atoms with Gasteiger partial charge in [-0.05, 0) is 40.2 Å². The molecule has 1 unspecified atom stereocenters. The Morgan fingerprint density at radius 3 is 2.70 bits per heavy atom. The number of carbonyl (C=O) groups is 1. The molecule has 3 N–H and O–H groups in total. The van der Waals surface area contributed by atoms with Crippen molar-refractivity contribution in [2.75, 3.05) is 5.32 Å². The number of para-hydroxylation sites is 1. The fourth-order valence-electron chi connectivity index (χ4n) is 2.00. The van der Waals surface area contributed by atoms with E-state index in [1.54, 1.807) is 11.3 Å². The highest BCUT2D eigenvalue weighted by molar-refractivity contribution is 9.11. The number of amides is 1. The summed E-state index contributed by atoms with van der Waals surface area (Å²) in [7, 11) is 0. The molecular formula is C13H12Br2N2OS2. The number of thiophene rings is 1. The monoisotopic (exact) mass is 434 g/mol. The fraction of sp³-hybridized carbons (Fsp3) is 0.154. The highest BCUT2D eigenvalue weighted by Gasteiger charge is 2.36. The number of carbonyl (C=O) groups excluding carboxylic acids is 1. The van der Waals surface area contributed by atoms with E-state index in [4.69, 9.17) is 5.73 Å². The van der Waals surface area contributed by atoms with Crippen molar-refractivity contribution < 1.29 is 4.79 Å². The van der Waals surface area contributed by atoms with Gasteiger partial charge >= 0.3 is 0 Å². The smallest absolute Gasteiger partial charge is 0.227 e. The first-order chi connectivity index (χ1) is 9.07. The summed E-state index contributed by atoms with van der Waals surface area (Å²) in [6.07, 6.45) is 0.263. The van der Waals surface area contributed by atoms with Crippen LogP contribution < -0.4 is 11.1 Å². The summed E-state index contributed by atoms with van der Waals surface area (Å²) in [5.41, 5.74) is 7.32. The zero-order valence-corrected chi connectivity index (χ0v) is 15.2. The van der Waals surface area contributed by atoms with E-state index >= 15 is 0 Å². The van der Waals surface area contributed by atoms with Crippen LogP contribution in [0.2, 0.25) is 0 Å². The molecule has 7 heteroatoms. The second-order valence-corrected chi connectivity index (χ2v) is 8.15. The first-order valence-electron chi connectivity index (χ1n) is 5.69. The lowest BCUT2D eigenvalue weighted by molar-refractivity contribution is -0.116. The van der Waals surface area contributed by atoms with Crippen molar-refractivity contribution in [2.45, 2.75) is 16.2 Å². The van der Waals surface area contributed by atoms with Gasteiger partial charge < -0.3 is 11.1 Å². The first-order valence-corrected chi connectivity index (χ1v) is 8.12. The number of benzene rings is 1. The highest BCUT2D eigenvalue weighted by Crippen LogP contribution is 2.47. The predicted octanol–water partition coefficient (Wildman–Crippen LogP) is 4.33. The van der Waals surface area contributed by atoms with E-state index in [2.05, 4.69) is 21.2 Å². The van der Waals surface area contributed by atoms with E-state index in [0.717, 1.165) is 19.2 Å². The van der Waals surface area contributed by atoms with E-state index in [9.17, 15) is 4.79 Å². The van der Waals surface area contributed by atoms with E-state index in [0.29, 0.717) is 0 Å². The zero-order chi connectivity index (χ0) is 13.5. The maximum Gasteiger partial charge on any atom is 0.227 e. The zero-order valence-electron chi connectivity index (χ0n) is 10.3. The summed E-state index contributed by atoms with van der Waals surface area (Å²) < 4.78 is 1.02. The van der Waals surface area contributed by atoms with Gasteiger partial charge in [-0.15, -0.1) is 28.3 Å². The van der Waals surface area contributed by atoms with Crippen molar-refractivity contribution in [1.29, 1.82) is 0 Å². The molecule has 2 aromatic rings. The van der Waals surface area contributed by atoms with Crippen LogP contribution in [0, 0.1) is 0 Å². The lowest BCUT2D eigenvalue weighted by Crippen LogP contribution is -2.34. The molecule has 1 aromatic heterocycles. The molecule has 0 spiro atoms. The fourth-order valence-corrected chi connectivity index (χ4v) is 4.78. The normalized spacial score (nSPS) is 21.4. The van der Waals surface area contributed by atoms with Gasteiger partial charge in [-0.3, -0.25) is 4.79 Å². The third-order valence-corrected chi connectivity index (χ3v) is 6.10. The average Bonchev–Trinajstić information content (AvgIpc) is 2.73. The Labute approximate surface area is 144 Å². The molecule has 2 heterocycles. The number of anilines is 1. The summed E-state index contributed by atoms with van der Waals surface area (Å²) in [5, 5.41) is 2.91. The van der Waals surface area contributed by atoms with Crippen LogP contribution in [0.15, 0.2) is 45.1 Å². The van der Waals surface area contributed by atoms with Crippen LogP contribution in [0.3, 0.4) is 0 Å². The number of fused-ring (bicyclic) bond motifs is 1. The predicted molar refractivity (Wildman–Crippen MR) is 93.8 cm³/mol. The molecule has 20 heavy (non-hydrogen) atoms. The molecule has 0 saturated carbocycles. The molecule has 1 aliphatic heterocycles. The molecule has 0 radical (unpaired) electrons. The van der Waals surface area contributed by atoms with Gasteiger partial charge in [0.15, 0.2) is 0 Å². The van der Waals surface area contributed by atoms with Crippen LogP contribution in [0.4, 0.5) is 5.69 Å². The van der Waals surface area contributed by atoms with E-state index < -0.39 is 4.87 Å². The van der Waals surface area contributed by atoms with Gasteiger partial charge in [0.2, 0.25) is 5.91 Å². The van der Waals surface area contributed by atoms with E-state index in [1.807, 2.05) is 36.4 Å². The van der Waals surface area contributed by atoms with Gasteiger partial charge in [-0.25, -0.2) is 0 Å². The first kappa shape index (κ1) is 16.0. The molecule has 3 rings (SSSR count). The SMILES string of the molecule is Br.NC1(c2ccc(Br)s2)CC(=O)Nc2ccccc2S1. The van der Waals surface area contributed by atoms with E-state index in [1.165, 1.54) is 11.8 Å². The third kappa shape index (κ3) is 3.12. The van der Waals surface area contributed by atoms with Gasteiger partial charge in [-0.1, -0.05) is 23.9 Å². The molecule has 1 aromatic carbocycles. The Morgan fingerprint density at radius 1 is 1.25 bits per heavy atom. The van der Waals surface area contributed by atoms with Crippen LogP contribution in [-0.4, -0.2) is 5.91 Å². The number of rotatable bonds is 1. The molecule has 0 fully saturated rings. The molecule has 1 amide bonds. The Balaban J connectivity index is 0.00000147. The van der Waals surface area contributed by atoms with Crippen molar-refractivity contribution in [3.8, 4) is 0 Å². The van der Waals surface area contributed by atoms with Crippen molar-refractivity contribution in [2.24, 2.45) is 5.73 Å². The number of nitrogens with two attached hydrogens (primary N) is 1. The van der Waals surface area contributed by atoms with Crippen molar-refractivity contribution >= 4 is 67.6 Å². The maximum atomic E-state index is 12.0. The van der Waals surface area contributed by atoms with Crippen molar-refractivity contribution in [3.05, 3.63) is 45.1 Å². The molecule has 0 aliphatic carbocycles. The Hall–Kier alpha value is -0.340. The summed E-state index contributed by atoms with van der Waals surface area (Å²) in [5.74, 6) is -0.0514. The minimum absolute atomic E-state index is 0. The number of halogens is 2. The minimum Gasteiger partial charge on any atom is -0.325 e. The molecule has 0 saturated heterocycles. The lowest BCUT2D eigenvalue weighted by Gasteiger charge is -2.24. The second-order valence-electron chi connectivity index (χ2n) is 4.32. The molecule has 1 aliphatic rings. The molecule has 3 nitrogen and oxygen atoms in total. The van der Waals surface area contributed by atoms with Crippen molar-refractivity contribution in [3.63, 3.8) is 0 Å². The quantitative estimate of drug-likeness (QED) is 0.700. The van der Waals surface area contributed by atoms with Crippen LogP contribution in [0.5, 0.6) is 0 Å². The van der Waals surface area contributed by atoms with Crippen LogP contribution in [0.1, 0.15) is 11.3 Å². The van der Waals surface area contributed by atoms with Crippen LogP contribution >= 0.6 is 56.0 Å². The van der Waals surface area contributed by atoms with Crippen LogP contribution in [0.25, 0.3) is 0 Å². The second kappa shape index (κ2) is 6.19. The van der Waals surface area contributed by atoms with Crippen molar-refractivity contribution in [1.82, 2.24) is 0 Å². The van der Waals surface area contributed by atoms with Gasteiger partial charge in [-0.2, -0.15) is 0 Å². The number of hydrogen-bond acceptors (Lipinski definition) is 4. The Kier molecular flexibility index (Phi) is 4.96. The molecule has 0 bridgehead atoms. The molecule has 106 valence electrons. The Bertz CT molecular complexity index is 647. The van der Waals surface area contributed by atoms with Gasteiger partial charge in [0.05, 0.1) is 15.9 Å². The number of nitrogens with one attached hydrogen (secondary N) is 1. The average molecular weight is 436 g/mol. The topological polar surface area (TPSA) is 55.1 Å². The minimum atomic E-state index is -0.715. The third-order valence-electron chi connectivity index (χ3n) is 2.87. The summed E-state index contributed by atoms with van der Waals surface area (Å²) >= 11 is 6.55. The largest absolute Gasteiger partial charge is 0.325 e. The van der Waals surface area contributed by atoms with Gasteiger partial charge in [0, 0.05) is 9.77 Å². The summed E-state index contributed by atoms with van der Waals surface area (Å²) in [6, 6.07) is 11.7. The maximum absolute atomic E-state index is 12.0. The van der Waals surface area contributed by atoms with E-state index in [-0.39, 0.29) is 29.3 Å². The van der Waals surface area contributed by atoms with Crippen LogP contribution in [-0.2, 0) is 9.67 Å². The number of hydrogen-bond donors (Lipinski definition) is 2. The molecule has 1 atom stereocenters. The van der Waals surface area contributed by atoms with Gasteiger partial charge in [0.25, 0.3) is 0 Å². The lowest BCUT2D eigenvalue weighted by atomic mass is 10.1. The standard InChI is InChI=1S/C13H11BrN2OS2.BrH/c14-11-6-5-10(18-11)13(15)7-12(17)16-8-3-1-2-4-9(8)19-13;/h1-6H,7,15H2,(H,16,17);1H.